The Morgan fingerprint density at radius 3 is 1.62 bits per heavy atom. The van der Waals surface area contributed by atoms with E-state index in [1.807, 2.05) is 0 Å². The molecule has 0 amide bonds. The van der Waals surface area contributed by atoms with Gasteiger partial charge < -0.3 is 0 Å². The zero-order chi connectivity index (χ0) is 15.7. The Morgan fingerprint density at radius 1 is 0.810 bits per heavy atom. The third-order valence-corrected chi connectivity index (χ3v) is 5.06. The summed E-state index contributed by atoms with van der Waals surface area (Å²) in [6.07, 6.45) is 0. The van der Waals surface area contributed by atoms with Gasteiger partial charge in [-0.15, -0.1) is 0 Å². The summed E-state index contributed by atoms with van der Waals surface area (Å²) in [6, 6.07) is 11.3. The van der Waals surface area contributed by atoms with Crippen molar-refractivity contribution < 1.29 is 0 Å². The minimum absolute atomic E-state index is 0.515. The molecule has 2 aromatic rings. The zero-order valence-corrected chi connectivity index (χ0v) is 15.5. The van der Waals surface area contributed by atoms with Crippen LogP contribution in [0.2, 0.25) is 0 Å². The molecule has 2 rings (SSSR count). The Balaban J connectivity index is 2.76. The van der Waals surface area contributed by atoms with Crippen molar-refractivity contribution >= 4 is 15.9 Å². The molecule has 0 saturated heterocycles. The van der Waals surface area contributed by atoms with Crippen molar-refractivity contribution in [3.63, 3.8) is 0 Å². The second-order valence-corrected chi connectivity index (χ2v) is 7.34. The van der Waals surface area contributed by atoms with E-state index in [1.165, 1.54) is 37.9 Å². The predicted molar refractivity (Wildman–Crippen MR) is 97.2 cm³/mol. The standard InChI is InChI=1S/C20H25Br/c1-12(2)17-10-16(11-18(13(3)4)20(17)21)19-14(5)8-7-9-15(19)6/h7-13H,1-6H3. The third-order valence-electron chi connectivity index (χ3n) is 4.14. The van der Waals surface area contributed by atoms with Gasteiger partial charge in [0.15, 0.2) is 0 Å². The monoisotopic (exact) mass is 344 g/mol. The first-order valence-corrected chi connectivity index (χ1v) is 8.52. The van der Waals surface area contributed by atoms with E-state index in [0.29, 0.717) is 11.8 Å². The maximum atomic E-state index is 3.83. The Labute approximate surface area is 137 Å². The summed E-state index contributed by atoms with van der Waals surface area (Å²) in [5.74, 6) is 1.03. The van der Waals surface area contributed by atoms with Gasteiger partial charge in [0, 0.05) is 4.47 Å². The van der Waals surface area contributed by atoms with Gasteiger partial charge in [0.25, 0.3) is 0 Å². The molecule has 0 unspecified atom stereocenters. The normalized spacial score (nSPS) is 11.5. The van der Waals surface area contributed by atoms with Crippen molar-refractivity contribution in [2.24, 2.45) is 0 Å². The van der Waals surface area contributed by atoms with Crippen molar-refractivity contribution in [1.29, 1.82) is 0 Å². The van der Waals surface area contributed by atoms with Gasteiger partial charge in [0.1, 0.15) is 0 Å². The Morgan fingerprint density at radius 2 is 1.24 bits per heavy atom. The number of hydrogen-bond donors (Lipinski definition) is 0. The number of hydrogen-bond acceptors (Lipinski definition) is 0. The van der Waals surface area contributed by atoms with E-state index >= 15 is 0 Å². The molecule has 21 heavy (non-hydrogen) atoms. The second kappa shape index (κ2) is 6.36. The lowest BCUT2D eigenvalue weighted by Crippen LogP contribution is -1.99. The second-order valence-electron chi connectivity index (χ2n) is 6.54. The van der Waals surface area contributed by atoms with Crippen LogP contribution in [-0.2, 0) is 0 Å². The van der Waals surface area contributed by atoms with Gasteiger partial charge in [-0.3, -0.25) is 0 Å². The van der Waals surface area contributed by atoms with Crippen LogP contribution in [0.4, 0.5) is 0 Å². The molecular formula is C20H25Br. The molecule has 0 heterocycles. The minimum atomic E-state index is 0.515. The molecule has 0 atom stereocenters. The van der Waals surface area contributed by atoms with Gasteiger partial charge in [0.05, 0.1) is 0 Å². The molecule has 0 nitrogen and oxygen atoms in total. The van der Waals surface area contributed by atoms with Crippen LogP contribution >= 0.6 is 15.9 Å². The molecule has 0 spiro atoms. The smallest absolute Gasteiger partial charge is 0.0244 e. The maximum absolute atomic E-state index is 3.83. The van der Waals surface area contributed by atoms with E-state index in [9.17, 15) is 0 Å². The molecule has 0 N–H and O–H groups in total. The fourth-order valence-corrected chi connectivity index (χ4v) is 4.07. The molecule has 1 heteroatoms. The van der Waals surface area contributed by atoms with Crippen LogP contribution < -0.4 is 0 Å². The van der Waals surface area contributed by atoms with E-state index in [-0.39, 0.29) is 0 Å². The third kappa shape index (κ3) is 3.23. The summed E-state index contributed by atoms with van der Waals surface area (Å²) in [7, 11) is 0. The van der Waals surface area contributed by atoms with Crippen molar-refractivity contribution in [1.82, 2.24) is 0 Å². The van der Waals surface area contributed by atoms with E-state index in [2.05, 4.69) is 87.8 Å². The van der Waals surface area contributed by atoms with Gasteiger partial charge in [0.2, 0.25) is 0 Å². The summed E-state index contributed by atoms with van der Waals surface area (Å²) in [5.41, 5.74) is 8.23. The Hall–Kier alpha value is -1.08. The predicted octanol–water partition coefficient (Wildman–Crippen LogP) is 6.98. The Bertz CT molecular complexity index is 602. The highest BCUT2D eigenvalue weighted by Gasteiger charge is 2.16. The zero-order valence-electron chi connectivity index (χ0n) is 13.9. The highest BCUT2D eigenvalue weighted by molar-refractivity contribution is 9.10. The quantitative estimate of drug-likeness (QED) is 0.563. The van der Waals surface area contributed by atoms with Crippen LogP contribution in [-0.4, -0.2) is 0 Å². The van der Waals surface area contributed by atoms with Crippen LogP contribution in [0.3, 0.4) is 0 Å². The maximum Gasteiger partial charge on any atom is 0.0244 e. The topological polar surface area (TPSA) is 0 Å². The molecule has 0 aliphatic heterocycles. The van der Waals surface area contributed by atoms with E-state index in [0.717, 1.165) is 0 Å². The highest BCUT2D eigenvalue weighted by atomic mass is 79.9. The average Bonchev–Trinajstić information content (AvgIpc) is 2.39. The van der Waals surface area contributed by atoms with Gasteiger partial charge in [-0.05, 0) is 71.2 Å². The van der Waals surface area contributed by atoms with E-state index < -0.39 is 0 Å². The molecule has 0 fully saturated rings. The van der Waals surface area contributed by atoms with E-state index in [1.54, 1.807) is 0 Å². The molecule has 112 valence electrons. The number of rotatable bonds is 3. The summed E-state index contributed by atoms with van der Waals surface area (Å²) in [5, 5.41) is 0. The lowest BCUT2D eigenvalue weighted by atomic mass is 9.88. The SMILES string of the molecule is Cc1cccc(C)c1-c1cc(C(C)C)c(Br)c(C(C)C)c1. The largest absolute Gasteiger partial charge is 0.0617 e. The van der Waals surface area contributed by atoms with Crippen LogP contribution in [0.5, 0.6) is 0 Å². The van der Waals surface area contributed by atoms with Gasteiger partial charge in [-0.25, -0.2) is 0 Å². The highest BCUT2D eigenvalue weighted by Crippen LogP contribution is 2.38. The van der Waals surface area contributed by atoms with Crippen LogP contribution in [0, 0.1) is 13.8 Å². The lowest BCUT2D eigenvalue weighted by Gasteiger charge is -2.20. The van der Waals surface area contributed by atoms with Crippen molar-refractivity contribution in [2.75, 3.05) is 0 Å². The number of aryl methyl sites for hydroxylation is 2. The summed E-state index contributed by atoms with van der Waals surface area (Å²) in [4.78, 5) is 0. The van der Waals surface area contributed by atoms with Gasteiger partial charge in [-0.1, -0.05) is 61.8 Å². The number of halogens is 1. The van der Waals surface area contributed by atoms with Crippen molar-refractivity contribution in [3.05, 3.63) is 57.1 Å². The van der Waals surface area contributed by atoms with Crippen LogP contribution in [0.1, 0.15) is 61.8 Å². The first-order chi connectivity index (χ1) is 9.82. The minimum Gasteiger partial charge on any atom is -0.0617 e. The van der Waals surface area contributed by atoms with Crippen LogP contribution in [0.25, 0.3) is 11.1 Å². The molecule has 0 aromatic heterocycles. The van der Waals surface area contributed by atoms with E-state index in [4.69, 9.17) is 0 Å². The molecule has 0 bridgehead atoms. The average molecular weight is 345 g/mol. The molecular weight excluding hydrogens is 320 g/mol. The van der Waals surface area contributed by atoms with Crippen molar-refractivity contribution in [2.45, 2.75) is 53.4 Å². The fourth-order valence-electron chi connectivity index (χ4n) is 2.92. The summed E-state index contributed by atoms with van der Waals surface area (Å²) < 4.78 is 1.28. The van der Waals surface area contributed by atoms with Crippen LogP contribution in [0.15, 0.2) is 34.8 Å². The van der Waals surface area contributed by atoms with Gasteiger partial charge >= 0.3 is 0 Å². The fraction of sp³-hybridized carbons (Fsp3) is 0.400. The molecule has 0 aliphatic carbocycles. The first-order valence-electron chi connectivity index (χ1n) is 7.72. The van der Waals surface area contributed by atoms with Crippen molar-refractivity contribution in [3.8, 4) is 11.1 Å². The van der Waals surface area contributed by atoms with Gasteiger partial charge in [-0.2, -0.15) is 0 Å². The molecule has 0 aliphatic rings. The first kappa shape index (κ1) is 16.3. The lowest BCUT2D eigenvalue weighted by molar-refractivity contribution is 0.824. The molecule has 0 radical (unpaired) electrons. The summed E-state index contributed by atoms with van der Waals surface area (Å²) >= 11 is 3.83. The molecule has 0 saturated carbocycles. The summed E-state index contributed by atoms with van der Waals surface area (Å²) in [6.45, 7) is 13.5. The number of benzene rings is 2. The Kier molecular flexibility index (Phi) is 4.93. The molecule has 2 aromatic carbocycles.